The fraction of sp³-hybridized carbons (Fsp3) is 0.357. The smallest absolute Gasteiger partial charge is 0.387 e. The van der Waals surface area contributed by atoms with Gasteiger partial charge in [-0.3, -0.25) is 4.79 Å². The van der Waals surface area contributed by atoms with Gasteiger partial charge in [-0.1, -0.05) is 23.1 Å². The van der Waals surface area contributed by atoms with Crippen molar-refractivity contribution in [3.63, 3.8) is 0 Å². The molecule has 0 aliphatic heterocycles. The zero-order valence-electron chi connectivity index (χ0n) is 13.0. The maximum Gasteiger partial charge on any atom is 0.387 e. The topological polar surface area (TPSA) is 76.1 Å². The molecular weight excluding hydrogens is 358 g/mol. The molecule has 0 aliphatic carbocycles. The highest BCUT2D eigenvalue weighted by molar-refractivity contribution is 8.01. The Balaban J connectivity index is 1.79. The molecule has 1 aromatic heterocycles. The standard InChI is InChI=1S/C14H16F2N4O2S2/c1-8(2)17-13-19-20-14(24-13)23-7-11(21)18-9-3-5-10(6-4-9)22-12(15)16/h3-6,8,12H,7H2,1-2H3,(H,17,19)(H,18,21). The van der Waals surface area contributed by atoms with Gasteiger partial charge in [0.05, 0.1) is 5.75 Å². The number of ether oxygens (including phenoxy) is 1. The molecule has 0 saturated carbocycles. The fourth-order valence-electron chi connectivity index (χ4n) is 1.62. The van der Waals surface area contributed by atoms with E-state index in [1.165, 1.54) is 47.4 Å². The second-order valence-corrected chi connectivity index (χ2v) is 7.11. The molecule has 24 heavy (non-hydrogen) atoms. The van der Waals surface area contributed by atoms with Crippen molar-refractivity contribution in [3.8, 4) is 5.75 Å². The third-order valence-corrected chi connectivity index (χ3v) is 4.50. The van der Waals surface area contributed by atoms with Crippen LogP contribution >= 0.6 is 23.1 Å². The minimum Gasteiger partial charge on any atom is -0.435 e. The molecule has 1 heterocycles. The number of rotatable bonds is 8. The number of benzene rings is 1. The molecule has 0 spiro atoms. The molecule has 1 aromatic carbocycles. The Hall–Kier alpha value is -1.94. The van der Waals surface area contributed by atoms with E-state index < -0.39 is 6.61 Å². The Bertz CT molecular complexity index is 665. The molecule has 0 fully saturated rings. The van der Waals surface area contributed by atoms with Crippen LogP contribution in [0.2, 0.25) is 0 Å². The molecular formula is C14H16F2N4O2S2. The van der Waals surface area contributed by atoms with Crippen LogP contribution in [0.4, 0.5) is 19.6 Å². The van der Waals surface area contributed by atoms with Gasteiger partial charge in [-0.05, 0) is 38.1 Å². The molecule has 2 rings (SSSR count). The summed E-state index contributed by atoms with van der Waals surface area (Å²) < 4.78 is 29.0. The van der Waals surface area contributed by atoms with Crippen LogP contribution in [0.5, 0.6) is 5.75 Å². The Morgan fingerprint density at radius 3 is 2.62 bits per heavy atom. The molecule has 0 radical (unpaired) electrons. The number of alkyl halides is 2. The average Bonchev–Trinajstić information content (AvgIpc) is 2.93. The molecule has 2 aromatic rings. The van der Waals surface area contributed by atoms with Crippen LogP contribution in [0, 0.1) is 0 Å². The predicted molar refractivity (Wildman–Crippen MR) is 91.1 cm³/mol. The SMILES string of the molecule is CC(C)Nc1nnc(SCC(=O)Nc2ccc(OC(F)F)cc2)s1. The molecule has 0 saturated heterocycles. The summed E-state index contributed by atoms with van der Waals surface area (Å²) in [5.74, 6) is -0.0153. The number of aromatic nitrogens is 2. The minimum atomic E-state index is -2.87. The number of carbonyl (C=O) groups excluding carboxylic acids is 1. The second-order valence-electron chi connectivity index (χ2n) is 4.91. The Morgan fingerprint density at radius 2 is 2.00 bits per heavy atom. The molecule has 6 nitrogen and oxygen atoms in total. The summed E-state index contributed by atoms with van der Waals surface area (Å²) in [6, 6.07) is 5.98. The zero-order chi connectivity index (χ0) is 17.5. The van der Waals surface area contributed by atoms with Crippen molar-refractivity contribution in [2.75, 3.05) is 16.4 Å². The molecule has 130 valence electrons. The lowest BCUT2D eigenvalue weighted by molar-refractivity contribution is -0.113. The van der Waals surface area contributed by atoms with E-state index in [4.69, 9.17) is 0 Å². The van der Waals surface area contributed by atoms with Crippen LogP contribution < -0.4 is 15.4 Å². The zero-order valence-corrected chi connectivity index (χ0v) is 14.6. The van der Waals surface area contributed by atoms with Gasteiger partial charge in [-0.25, -0.2) is 0 Å². The molecule has 0 unspecified atom stereocenters. The van der Waals surface area contributed by atoms with Crippen molar-refractivity contribution in [2.24, 2.45) is 0 Å². The first-order valence-corrected chi connectivity index (χ1v) is 8.80. The number of halogens is 2. The number of hydrogen-bond donors (Lipinski definition) is 2. The number of carbonyl (C=O) groups is 1. The van der Waals surface area contributed by atoms with Gasteiger partial charge < -0.3 is 15.4 Å². The van der Waals surface area contributed by atoms with E-state index >= 15 is 0 Å². The lowest BCUT2D eigenvalue weighted by Crippen LogP contribution is -2.13. The first-order chi connectivity index (χ1) is 11.4. The lowest BCUT2D eigenvalue weighted by Gasteiger charge is -2.07. The van der Waals surface area contributed by atoms with E-state index in [0.717, 1.165) is 0 Å². The van der Waals surface area contributed by atoms with Crippen LogP contribution in [0.15, 0.2) is 28.6 Å². The van der Waals surface area contributed by atoms with Crippen LogP contribution in [-0.2, 0) is 4.79 Å². The largest absolute Gasteiger partial charge is 0.435 e. The van der Waals surface area contributed by atoms with Crippen LogP contribution in [0.1, 0.15) is 13.8 Å². The maximum atomic E-state index is 12.1. The summed E-state index contributed by atoms with van der Waals surface area (Å²) in [6.45, 7) is 1.13. The van der Waals surface area contributed by atoms with Gasteiger partial charge in [0.25, 0.3) is 0 Å². The molecule has 0 atom stereocenters. The number of nitrogens with zero attached hydrogens (tertiary/aromatic N) is 2. The van der Waals surface area contributed by atoms with E-state index in [0.29, 0.717) is 15.2 Å². The Labute approximate surface area is 146 Å². The molecule has 10 heteroatoms. The summed E-state index contributed by atoms with van der Waals surface area (Å²) in [5.41, 5.74) is 0.502. The quantitative estimate of drug-likeness (QED) is 0.687. The highest BCUT2D eigenvalue weighted by Crippen LogP contribution is 2.26. The van der Waals surface area contributed by atoms with Crippen molar-refractivity contribution in [1.82, 2.24) is 10.2 Å². The number of anilines is 2. The molecule has 0 aliphatic rings. The summed E-state index contributed by atoms with van der Waals surface area (Å²) in [6.07, 6.45) is 0. The number of hydrogen-bond acceptors (Lipinski definition) is 7. The van der Waals surface area contributed by atoms with Crippen LogP contribution in [0.25, 0.3) is 0 Å². The highest BCUT2D eigenvalue weighted by Gasteiger charge is 2.09. The van der Waals surface area contributed by atoms with E-state index in [1.54, 1.807) is 0 Å². The van der Waals surface area contributed by atoms with Gasteiger partial charge >= 0.3 is 6.61 Å². The van der Waals surface area contributed by atoms with Gasteiger partial charge in [-0.15, -0.1) is 10.2 Å². The summed E-state index contributed by atoms with van der Waals surface area (Å²) >= 11 is 2.66. The lowest BCUT2D eigenvalue weighted by atomic mass is 10.3. The minimum absolute atomic E-state index is 0.0383. The summed E-state index contributed by atoms with van der Waals surface area (Å²) in [4.78, 5) is 11.9. The third-order valence-electron chi connectivity index (χ3n) is 2.51. The van der Waals surface area contributed by atoms with Crippen molar-refractivity contribution in [1.29, 1.82) is 0 Å². The Morgan fingerprint density at radius 1 is 1.29 bits per heavy atom. The molecule has 2 N–H and O–H groups in total. The van der Waals surface area contributed by atoms with Gasteiger partial charge in [0.1, 0.15) is 5.75 Å². The third kappa shape index (κ3) is 6.28. The predicted octanol–water partition coefficient (Wildman–Crippen LogP) is 3.69. The van der Waals surface area contributed by atoms with E-state index in [1.807, 2.05) is 13.8 Å². The summed E-state index contributed by atoms with van der Waals surface area (Å²) in [7, 11) is 0. The van der Waals surface area contributed by atoms with Gasteiger partial charge in [0.15, 0.2) is 4.34 Å². The van der Waals surface area contributed by atoms with Gasteiger partial charge in [0.2, 0.25) is 11.0 Å². The van der Waals surface area contributed by atoms with Crippen LogP contribution in [0.3, 0.4) is 0 Å². The van der Waals surface area contributed by atoms with E-state index in [2.05, 4.69) is 25.6 Å². The molecule has 1 amide bonds. The van der Waals surface area contributed by atoms with Crippen molar-refractivity contribution in [3.05, 3.63) is 24.3 Å². The summed E-state index contributed by atoms with van der Waals surface area (Å²) in [5, 5.41) is 14.5. The maximum absolute atomic E-state index is 12.1. The number of amides is 1. The van der Waals surface area contributed by atoms with E-state index in [9.17, 15) is 13.6 Å². The van der Waals surface area contributed by atoms with Crippen molar-refractivity contribution >= 4 is 39.8 Å². The van der Waals surface area contributed by atoms with E-state index in [-0.39, 0.29) is 23.5 Å². The first kappa shape index (κ1) is 18.4. The highest BCUT2D eigenvalue weighted by atomic mass is 32.2. The van der Waals surface area contributed by atoms with Gasteiger partial charge in [-0.2, -0.15) is 8.78 Å². The first-order valence-electron chi connectivity index (χ1n) is 7.00. The average molecular weight is 374 g/mol. The fourth-order valence-corrected chi connectivity index (χ4v) is 3.32. The van der Waals surface area contributed by atoms with Crippen LogP contribution in [-0.4, -0.2) is 34.5 Å². The Kier molecular flexibility index (Phi) is 6.73. The molecule has 0 bridgehead atoms. The number of thioether (sulfide) groups is 1. The monoisotopic (exact) mass is 374 g/mol. The van der Waals surface area contributed by atoms with Crippen molar-refractivity contribution in [2.45, 2.75) is 30.8 Å². The number of nitrogens with one attached hydrogen (secondary N) is 2. The van der Waals surface area contributed by atoms with Gasteiger partial charge in [0, 0.05) is 11.7 Å². The second kappa shape index (κ2) is 8.78. The normalized spacial score (nSPS) is 10.9. The van der Waals surface area contributed by atoms with Crippen molar-refractivity contribution < 1.29 is 18.3 Å².